The molecule has 3 rings (SSSR count). The number of carboxylic acids is 1. The molecule has 3 aromatic rings. The van der Waals surface area contributed by atoms with E-state index >= 15 is 0 Å². The minimum absolute atomic E-state index is 0.0757. The van der Waals surface area contributed by atoms with Gasteiger partial charge in [-0.3, -0.25) is 4.79 Å². The number of hydrogen-bond donors (Lipinski definition) is 1. The SMILES string of the molecule is COC(CC(CC(=O)O)c1nc(C)cc(C)n1)(c1ccccc1)c1ccccc1. The maximum atomic E-state index is 11.7. The molecular formula is C24H26N2O3. The number of benzene rings is 2. The van der Waals surface area contributed by atoms with Crippen LogP contribution in [0.15, 0.2) is 66.7 Å². The summed E-state index contributed by atoms with van der Waals surface area (Å²) in [7, 11) is 1.67. The van der Waals surface area contributed by atoms with Gasteiger partial charge < -0.3 is 9.84 Å². The van der Waals surface area contributed by atoms with Crippen molar-refractivity contribution in [3.8, 4) is 0 Å². The predicted molar refractivity (Wildman–Crippen MR) is 112 cm³/mol. The van der Waals surface area contributed by atoms with Gasteiger partial charge in [-0.05, 0) is 37.5 Å². The summed E-state index contributed by atoms with van der Waals surface area (Å²) in [6.07, 6.45) is 0.334. The topological polar surface area (TPSA) is 72.3 Å². The summed E-state index contributed by atoms with van der Waals surface area (Å²) in [5.41, 5.74) is 2.77. The molecule has 5 heteroatoms. The van der Waals surface area contributed by atoms with Crippen LogP contribution in [0.4, 0.5) is 0 Å². The molecular weight excluding hydrogens is 364 g/mol. The van der Waals surface area contributed by atoms with Gasteiger partial charge in [0, 0.05) is 24.4 Å². The molecule has 150 valence electrons. The van der Waals surface area contributed by atoms with Gasteiger partial charge in [-0.2, -0.15) is 0 Å². The summed E-state index contributed by atoms with van der Waals surface area (Å²) in [6.45, 7) is 3.79. The molecule has 0 spiro atoms. The molecule has 1 N–H and O–H groups in total. The van der Waals surface area contributed by atoms with E-state index in [1.54, 1.807) is 7.11 Å². The van der Waals surface area contributed by atoms with Gasteiger partial charge in [-0.1, -0.05) is 60.7 Å². The van der Waals surface area contributed by atoms with E-state index < -0.39 is 17.5 Å². The van der Waals surface area contributed by atoms with Crippen LogP contribution in [0.5, 0.6) is 0 Å². The molecule has 0 radical (unpaired) electrons. The minimum Gasteiger partial charge on any atom is -0.481 e. The number of aromatic nitrogens is 2. The Balaban J connectivity index is 2.14. The molecule has 0 amide bonds. The Bertz CT molecular complexity index is 899. The highest BCUT2D eigenvalue weighted by Gasteiger charge is 2.39. The van der Waals surface area contributed by atoms with Crippen LogP contribution in [0.2, 0.25) is 0 Å². The number of methoxy groups -OCH3 is 1. The highest BCUT2D eigenvalue weighted by molar-refractivity contribution is 5.67. The van der Waals surface area contributed by atoms with Gasteiger partial charge in [0.2, 0.25) is 0 Å². The molecule has 1 atom stereocenters. The Hall–Kier alpha value is -3.05. The first-order chi connectivity index (χ1) is 13.9. The van der Waals surface area contributed by atoms with Crippen molar-refractivity contribution >= 4 is 5.97 Å². The molecule has 29 heavy (non-hydrogen) atoms. The lowest BCUT2D eigenvalue weighted by Gasteiger charge is -2.36. The van der Waals surface area contributed by atoms with Crippen molar-refractivity contribution in [2.75, 3.05) is 7.11 Å². The molecule has 1 aromatic heterocycles. The number of aryl methyl sites for hydroxylation is 2. The molecule has 0 aliphatic carbocycles. The van der Waals surface area contributed by atoms with Crippen LogP contribution in [0.1, 0.15) is 47.1 Å². The number of rotatable bonds is 8. The first-order valence-electron chi connectivity index (χ1n) is 9.65. The van der Waals surface area contributed by atoms with Crippen molar-refractivity contribution < 1.29 is 14.6 Å². The molecule has 1 unspecified atom stereocenters. The average molecular weight is 390 g/mol. The first kappa shape index (κ1) is 20.7. The van der Waals surface area contributed by atoms with E-state index in [1.807, 2.05) is 80.6 Å². The van der Waals surface area contributed by atoms with Gasteiger partial charge in [0.15, 0.2) is 0 Å². The van der Waals surface area contributed by atoms with Crippen molar-refractivity contribution in [1.82, 2.24) is 9.97 Å². The van der Waals surface area contributed by atoms with Gasteiger partial charge >= 0.3 is 5.97 Å². The zero-order chi connectivity index (χ0) is 20.9. The Labute approximate surface area is 171 Å². The van der Waals surface area contributed by atoms with Crippen LogP contribution >= 0.6 is 0 Å². The van der Waals surface area contributed by atoms with E-state index in [2.05, 4.69) is 9.97 Å². The van der Waals surface area contributed by atoms with Gasteiger partial charge in [0.05, 0.1) is 6.42 Å². The summed E-state index contributed by atoms with van der Waals surface area (Å²) in [4.78, 5) is 20.8. The van der Waals surface area contributed by atoms with E-state index in [9.17, 15) is 9.90 Å². The average Bonchev–Trinajstić information content (AvgIpc) is 2.71. The van der Waals surface area contributed by atoms with Crippen LogP contribution < -0.4 is 0 Å². The lowest BCUT2D eigenvalue weighted by atomic mass is 9.77. The third kappa shape index (κ3) is 4.69. The summed E-state index contributed by atoms with van der Waals surface area (Å²) < 4.78 is 6.16. The second-order valence-electron chi connectivity index (χ2n) is 7.27. The molecule has 0 aliphatic heterocycles. The molecule has 0 saturated heterocycles. The van der Waals surface area contributed by atoms with Crippen LogP contribution in [0.25, 0.3) is 0 Å². The van der Waals surface area contributed by atoms with E-state index in [4.69, 9.17) is 4.74 Å². The molecule has 0 bridgehead atoms. The van der Waals surface area contributed by atoms with Crippen LogP contribution in [-0.4, -0.2) is 28.2 Å². The fourth-order valence-corrected chi connectivity index (χ4v) is 3.88. The summed E-state index contributed by atoms with van der Waals surface area (Å²) in [5.74, 6) is -0.756. The third-order valence-corrected chi connectivity index (χ3v) is 5.15. The Morgan fingerprint density at radius 1 is 0.966 bits per heavy atom. The molecule has 5 nitrogen and oxygen atoms in total. The molecule has 0 saturated carbocycles. The van der Waals surface area contributed by atoms with Crippen LogP contribution in [0, 0.1) is 13.8 Å². The van der Waals surface area contributed by atoms with Gasteiger partial charge in [0.25, 0.3) is 0 Å². The zero-order valence-corrected chi connectivity index (χ0v) is 17.0. The minimum atomic E-state index is -0.885. The quantitative estimate of drug-likeness (QED) is 0.607. The fraction of sp³-hybridized carbons (Fsp3) is 0.292. The Morgan fingerprint density at radius 2 is 1.45 bits per heavy atom. The number of carboxylic acid groups (broad SMARTS) is 1. The summed E-state index contributed by atoms with van der Waals surface area (Å²) in [6, 6.07) is 21.7. The normalized spacial score (nSPS) is 12.5. The Morgan fingerprint density at radius 3 is 1.86 bits per heavy atom. The maximum Gasteiger partial charge on any atom is 0.304 e. The largest absolute Gasteiger partial charge is 0.481 e. The van der Waals surface area contributed by atoms with E-state index in [1.165, 1.54) is 0 Å². The second-order valence-corrected chi connectivity index (χ2v) is 7.27. The number of nitrogens with zero attached hydrogens (tertiary/aromatic N) is 2. The summed E-state index contributed by atoms with van der Waals surface area (Å²) in [5, 5.41) is 9.60. The van der Waals surface area contributed by atoms with Crippen molar-refractivity contribution in [3.05, 3.63) is 95.1 Å². The molecule has 2 aromatic carbocycles. The van der Waals surface area contributed by atoms with E-state index in [-0.39, 0.29) is 6.42 Å². The summed E-state index contributed by atoms with van der Waals surface area (Å²) >= 11 is 0. The van der Waals surface area contributed by atoms with Gasteiger partial charge in [-0.25, -0.2) is 9.97 Å². The van der Waals surface area contributed by atoms with Gasteiger partial charge in [0.1, 0.15) is 11.4 Å². The highest BCUT2D eigenvalue weighted by Crippen LogP contribution is 2.42. The monoisotopic (exact) mass is 390 g/mol. The van der Waals surface area contributed by atoms with Crippen LogP contribution in [-0.2, 0) is 15.1 Å². The molecule has 0 aliphatic rings. The number of ether oxygens (including phenoxy) is 1. The van der Waals surface area contributed by atoms with Crippen molar-refractivity contribution in [2.45, 2.75) is 38.2 Å². The highest BCUT2D eigenvalue weighted by atomic mass is 16.5. The number of aliphatic carboxylic acids is 1. The second kappa shape index (κ2) is 8.97. The molecule has 0 fully saturated rings. The number of carbonyl (C=O) groups is 1. The predicted octanol–water partition coefficient (Wildman–Crippen LogP) is 4.63. The number of hydrogen-bond acceptors (Lipinski definition) is 4. The smallest absolute Gasteiger partial charge is 0.304 e. The third-order valence-electron chi connectivity index (χ3n) is 5.15. The zero-order valence-electron chi connectivity index (χ0n) is 17.0. The lowest BCUT2D eigenvalue weighted by molar-refractivity contribution is -0.137. The Kier molecular flexibility index (Phi) is 6.39. The van der Waals surface area contributed by atoms with E-state index in [0.29, 0.717) is 12.2 Å². The van der Waals surface area contributed by atoms with Gasteiger partial charge in [-0.15, -0.1) is 0 Å². The van der Waals surface area contributed by atoms with Crippen molar-refractivity contribution in [2.24, 2.45) is 0 Å². The molecule has 1 heterocycles. The van der Waals surface area contributed by atoms with Crippen molar-refractivity contribution in [1.29, 1.82) is 0 Å². The van der Waals surface area contributed by atoms with Crippen LogP contribution in [0.3, 0.4) is 0 Å². The first-order valence-corrected chi connectivity index (χ1v) is 9.65. The maximum absolute atomic E-state index is 11.7. The standard InChI is InChI=1S/C24H26N2O3/c1-17-14-18(2)26-23(25-17)19(15-22(27)28)16-24(29-3,20-10-6-4-7-11-20)21-12-8-5-9-13-21/h4-14,19H,15-16H2,1-3H3,(H,27,28). The van der Waals surface area contributed by atoms with Crippen molar-refractivity contribution in [3.63, 3.8) is 0 Å². The lowest BCUT2D eigenvalue weighted by Crippen LogP contribution is -2.33. The fourth-order valence-electron chi connectivity index (χ4n) is 3.88. The van der Waals surface area contributed by atoms with E-state index in [0.717, 1.165) is 22.5 Å².